The number of halogens is 2. The van der Waals surface area contributed by atoms with Crippen LogP contribution in [-0.4, -0.2) is 38.1 Å². The van der Waals surface area contributed by atoms with Crippen LogP contribution in [-0.2, 0) is 6.54 Å². The molecule has 18 heavy (non-hydrogen) atoms. The third-order valence-electron chi connectivity index (χ3n) is 2.35. The van der Waals surface area contributed by atoms with Gasteiger partial charge in [0.05, 0.1) is 0 Å². The minimum Gasteiger partial charge on any atom is -0.337 e. The summed E-state index contributed by atoms with van der Waals surface area (Å²) in [6, 6.07) is 5.31. The molecule has 0 atom stereocenters. The van der Waals surface area contributed by atoms with Gasteiger partial charge >= 0.3 is 6.03 Å². The molecule has 0 aromatic heterocycles. The van der Waals surface area contributed by atoms with Crippen LogP contribution in [0.1, 0.15) is 5.56 Å². The van der Waals surface area contributed by atoms with E-state index >= 15 is 0 Å². The van der Waals surface area contributed by atoms with Crippen LogP contribution >= 0.6 is 23.2 Å². The zero-order chi connectivity index (χ0) is 13.5. The quantitative estimate of drug-likeness (QED) is 0.818. The summed E-state index contributed by atoms with van der Waals surface area (Å²) in [5.41, 5.74) is 0.875. The Balaban J connectivity index is 2.28. The number of urea groups is 1. The van der Waals surface area contributed by atoms with Gasteiger partial charge in [0.25, 0.3) is 0 Å². The summed E-state index contributed by atoms with van der Waals surface area (Å²) in [7, 11) is 3.40. The van der Waals surface area contributed by atoms with E-state index < -0.39 is 0 Å². The number of hydrogen-bond donors (Lipinski definition) is 2. The number of rotatable bonds is 5. The van der Waals surface area contributed by atoms with Crippen LogP contribution in [0, 0.1) is 0 Å². The lowest BCUT2D eigenvalue weighted by molar-refractivity contribution is 0.217. The molecule has 100 valence electrons. The van der Waals surface area contributed by atoms with Gasteiger partial charge in [-0.2, -0.15) is 0 Å². The van der Waals surface area contributed by atoms with Gasteiger partial charge in [-0.1, -0.05) is 29.3 Å². The van der Waals surface area contributed by atoms with E-state index in [9.17, 15) is 4.79 Å². The van der Waals surface area contributed by atoms with Gasteiger partial charge in [-0.05, 0) is 12.1 Å². The fourth-order valence-electron chi connectivity index (χ4n) is 1.33. The molecule has 0 spiro atoms. The average molecular weight is 290 g/mol. The van der Waals surface area contributed by atoms with Crippen LogP contribution in [0.5, 0.6) is 0 Å². The molecule has 0 saturated carbocycles. The summed E-state index contributed by atoms with van der Waals surface area (Å²) >= 11 is 12.1. The van der Waals surface area contributed by atoms with E-state index in [1.165, 1.54) is 4.90 Å². The molecule has 1 rings (SSSR count). The Morgan fingerprint density at radius 1 is 1.22 bits per heavy atom. The molecular formula is C12H17Cl2N3O. The number of carbonyl (C=O) groups excluding carboxylic acids is 1. The van der Waals surface area contributed by atoms with E-state index in [0.29, 0.717) is 29.7 Å². The molecule has 0 fully saturated rings. The SMILES string of the molecule is CN(C)C(=O)NCCNCc1c(Cl)cccc1Cl. The summed E-state index contributed by atoms with van der Waals surface area (Å²) < 4.78 is 0. The first-order valence-electron chi connectivity index (χ1n) is 5.61. The number of hydrogen-bond acceptors (Lipinski definition) is 2. The van der Waals surface area contributed by atoms with Gasteiger partial charge in [0, 0.05) is 49.3 Å². The monoisotopic (exact) mass is 289 g/mol. The number of carbonyl (C=O) groups is 1. The summed E-state index contributed by atoms with van der Waals surface area (Å²) in [5.74, 6) is 0. The van der Waals surface area contributed by atoms with Crippen molar-refractivity contribution in [2.75, 3.05) is 27.2 Å². The van der Waals surface area contributed by atoms with Crippen molar-refractivity contribution in [2.45, 2.75) is 6.54 Å². The Morgan fingerprint density at radius 2 is 1.83 bits per heavy atom. The first kappa shape index (κ1) is 15.1. The first-order chi connectivity index (χ1) is 8.52. The lowest BCUT2D eigenvalue weighted by Crippen LogP contribution is -2.38. The molecule has 0 saturated heterocycles. The molecule has 0 aliphatic carbocycles. The zero-order valence-electron chi connectivity index (χ0n) is 10.5. The molecule has 4 nitrogen and oxygen atoms in total. The molecule has 2 amide bonds. The predicted octanol–water partition coefficient (Wildman–Crippen LogP) is 2.35. The molecule has 6 heteroatoms. The molecule has 2 N–H and O–H groups in total. The summed E-state index contributed by atoms with van der Waals surface area (Å²) in [6.45, 7) is 1.79. The van der Waals surface area contributed by atoms with Crippen molar-refractivity contribution in [1.29, 1.82) is 0 Å². The molecule has 0 aliphatic heterocycles. The predicted molar refractivity (Wildman–Crippen MR) is 75.3 cm³/mol. The molecule has 0 bridgehead atoms. The molecule has 0 aliphatic rings. The van der Waals surface area contributed by atoms with E-state index in [2.05, 4.69) is 10.6 Å². The average Bonchev–Trinajstić information content (AvgIpc) is 2.31. The Bertz CT molecular complexity index is 390. The maximum absolute atomic E-state index is 11.2. The van der Waals surface area contributed by atoms with Gasteiger partial charge in [-0.25, -0.2) is 4.79 Å². The van der Waals surface area contributed by atoms with Crippen LogP contribution in [0.15, 0.2) is 18.2 Å². The van der Waals surface area contributed by atoms with Crippen molar-refractivity contribution >= 4 is 29.2 Å². The van der Waals surface area contributed by atoms with Crippen LogP contribution < -0.4 is 10.6 Å². The highest BCUT2D eigenvalue weighted by Gasteiger charge is 2.05. The number of nitrogens with zero attached hydrogens (tertiary/aromatic N) is 1. The van der Waals surface area contributed by atoms with Crippen LogP contribution in [0.4, 0.5) is 4.79 Å². The Morgan fingerprint density at radius 3 is 2.39 bits per heavy atom. The fourth-order valence-corrected chi connectivity index (χ4v) is 1.86. The maximum Gasteiger partial charge on any atom is 0.316 e. The van der Waals surface area contributed by atoms with Crippen molar-refractivity contribution in [3.8, 4) is 0 Å². The van der Waals surface area contributed by atoms with Crippen LogP contribution in [0.3, 0.4) is 0 Å². The van der Waals surface area contributed by atoms with Gasteiger partial charge in [-0.3, -0.25) is 0 Å². The van der Waals surface area contributed by atoms with Crippen molar-refractivity contribution in [2.24, 2.45) is 0 Å². The third kappa shape index (κ3) is 4.72. The second kappa shape index (κ2) is 7.46. The first-order valence-corrected chi connectivity index (χ1v) is 6.36. The normalized spacial score (nSPS) is 10.2. The van der Waals surface area contributed by atoms with Gasteiger partial charge < -0.3 is 15.5 Å². The smallest absolute Gasteiger partial charge is 0.316 e. The van der Waals surface area contributed by atoms with Crippen molar-refractivity contribution in [3.63, 3.8) is 0 Å². The van der Waals surface area contributed by atoms with Crippen molar-refractivity contribution in [1.82, 2.24) is 15.5 Å². The largest absolute Gasteiger partial charge is 0.337 e. The standard InChI is InChI=1S/C12H17Cl2N3O/c1-17(2)12(18)16-7-6-15-8-9-10(13)4-3-5-11(9)14/h3-5,15H,6-8H2,1-2H3,(H,16,18). The lowest BCUT2D eigenvalue weighted by atomic mass is 10.2. The van der Waals surface area contributed by atoms with E-state index in [1.54, 1.807) is 26.2 Å². The lowest BCUT2D eigenvalue weighted by Gasteiger charge is -2.12. The number of amides is 2. The number of nitrogens with one attached hydrogen (secondary N) is 2. The topological polar surface area (TPSA) is 44.4 Å². The van der Waals surface area contributed by atoms with Gasteiger partial charge in [0.2, 0.25) is 0 Å². The minimum absolute atomic E-state index is 0.104. The van der Waals surface area contributed by atoms with Gasteiger partial charge in [-0.15, -0.1) is 0 Å². The van der Waals surface area contributed by atoms with Gasteiger partial charge in [0.15, 0.2) is 0 Å². The highest BCUT2D eigenvalue weighted by Crippen LogP contribution is 2.23. The molecule has 0 radical (unpaired) electrons. The molecule has 1 aromatic rings. The van der Waals surface area contributed by atoms with E-state index in [-0.39, 0.29) is 6.03 Å². The summed E-state index contributed by atoms with van der Waals surface area (Å²) in [5, 5.41) is 7.22. The van der Waals surface area contributed by atoms with Crippen LogP contribution in [0.2, 0.25) is 10.0 Å². The molecule has 1 aromatic carbocycles. The number of benzene rings is 1. The highest BCUT2D eigenvalue weighted by atomic mass is 35.5. The molecular weight excluding hydrogens is 273 g/mol. The van der Waals surface area contributed by atoms with Crippen molar-refractivity contribution < 1.29 is 4.79 Å². The van der Waals surface area contributed by atoms with E-state index in [0.717, 1.165) is 5.56 Å². The van der Waals surface area contributed by atoms with Gasteiger partial charge in [0.1, 0.15) is 0 Å². The maximum atomic E-state index is 11.2. The zero-order valence-corrected chi connectivity index (χ0v) is 12.0. The van der Waals surface area contributed by atoms with Crippen molar-refractivity contribution in [3.05, 3.63) is 33.8 Å². The van der Waals surface area contributed by atoms with E-state index in [4.69, 9.17) is 23.2 Å². The second-order valence-corrected chi connectivity index (χ2v) is 4.82. The fraction of sp³-hybridized carbons (Fsp3) is 0.417. The summed E-state index contributed by atoms with van der Waals surface area (Å²) in [6.07, 6.45) is 0. The molecule has 0 unspecified atom stereocenters. The van der Waals surface area contributed by atoms with E-state index in [1.807, 2.05) is 6.07 Å². The van der Waals surface area contributed by atoms with Crippen LogP contribution in [0.25, 0.3) is 0 Å². The Hall–Kier alpha value is -0.970. The third-order valence-corrected chi connectivity index (χ3v) is 3.06. The molecule has 0 heterocycles. The Labute approximate surface area is 117 Å². The Kier molecular flexibility index (Phi) is 6.25. The second-order valence-electron chi connectivity index (χ2n) is 4.00. The summed E-state index contributed by atoms with van der Waals surface area (Å²) in [4.78, 5) is 12.7. The minimum atomic E-state index is -0.104. The highest BCUT2D eigenvalue weighted by molar-refractivity contribution is 6.35.